The number of hydrogen-bond donors (Lipinski definition) is 1. The van der Waals surface area contributed by atoms with Crippen molar-refractivity contribution in [1.82, 2.24) is 0 Å². The molecular weight excluding hydrogens is 257 g/mol. The molecule has 0 aromatic heterocycles. The van der Waals surface area contributed by atoms with Crippen molar-refractivity contribution < 1.29 is 13.9 Å². The lowest BCUT2D eigenvalue weighted by Crippen LogP contribution is -2.10. The molecule has 2 aromatic rings. The Bertz CT molecular complexity index is 543. The largest absolute Gasteiger partial charge is 0.490 e. The third-order valence-corrected chi connectivity index (χ3v) is 2.83. The molecule has 0 aliphatic carbocycles. The van der Waals surface area contributed by atoms with Crippen LogP contribution in [0.1, 0.15) is 18.5 Å². The molecule has 2 N–H and O–H groups in total. The standard InChI is InChI=1S/C16H18FNO2/c1-12(18)15-8-7-14(11-16(15)17)20-10-9-19-13-5-3-2-4-6-13/h2-8,11-12H,9-10,18H2,1H3. The minimum absolute atomic E-state index is 0.328. The summed E-state index contributed by atoms with van der Waals surface area (Å²) in [6, 6.07) is 13.8. The summed E-state index contributed by atoms with van der Waals surface area (Å²) in [6.45, 7) is 2.50. The van der Waals surface area contributed by atoms with Crippen molar-refractivity contribution in [3.63, 3.8) is 0 Å². The van der Waals surface area contributed by atoms with E-state index in [2.05, 4.69) is 0 Å². The van der Waals surface area contributed by atoms with Gasteiger partial charge in [-0.3, -0.25) is 0 Å². The first-order valence-corrected chi connectivity index (χ1v) is 6.52. The van der Waals surface area contributed by atoms with Gasteiger partial charge in [0.05, 0.1) is 0 Å². The minimum atomic E-state index is -0.346. The van der Waals surface area contributed by atoms with Crippen molar-refractivity contribution >= 4 is 0 Å². The van der Waals surface area contributed by atoms with Crippen LogP contribution in [-0.2, 0) is 0 Å². The van der Waals surface area contributed by atoms with Gasteiger partial charge in [0.15, 0.2) is 0 Å². The normalized spacial score (nSPS) is 11.9. The van der Waals surface area contributed by atoms with E-state index in [4.69, 9.17) is 15.2 Å². The summed E-state index contributed by atoms with van der Waals surface area (Å²) in [5.74, 6) is 0.916. The third kappa shape index (κ3) is 3.96. The van der Waals surface area contributed by atoms with Crippen LogP contribution in [0, 0.1) is 5.82 Å². The lowest BCUT2D eigenvalue weighted by molar-refractivity contribution is 0.216. The molecule has 0 heterocycles. The molecule has 0 spiro atoms. The van der Waals surface area contributed by atoms with Crippen LogP contribution in [0.25, 0.3) is 0 Å². The van der Waals surface area contributed by atoms with Gasteiger partial charge < -0.3 is 15.2 Å². The number of rotatable bonds is 6. The number of para-hydroxylation sites is 1. The van der Waals surface area contributed by atoms with E-state index in [1.807, 2.05) is 30.3 Å². The number of benzene rings is 2. The van der Waals surface area contributed by atoms with Crippen molar-refractivity contribution in [1.29, 1.82) is 0 Å². The summed E-state index contributed by atoms with van der Waals surface area (Å²) >= 11 is 0. The molecule has 1 atom stereocenters. The Morgan fingerprint density at radius 3 is 2.25 bits per heavy atom. The fourth-order valence-electron chi connectivity index (χ4n) is 1.80. The van der Waals surface area contributed by atoms with Crippen LogP contribution in [-0.4, -0.2) is 13.2 Å². The lowest BCUT2D eigenvalue weighted by atomic mass is 10.1. The van der Waals surface area contributed by atoms with Gasteiger partial charge in [-0.15, -0.1) is 0 Å². The van der Waals surface area contributed by atoms with Gasteiger partial charge >= 0.3 is 0 Å². The predicted molar refractivity (Wildman–Crippen MR) is 76.4 cm³/mol. The zero-order valence-electron chi connectivity index (χ0n) is 11.4. The van der Waals surface area contributed by atoms with E-state index in [0.717, 1.165) is 5.75 Å². The summed E-state index contributed by atoms with van der Waals surface area (Å²) in [5.41, 5.74) is 6.13. The quantitative estimate of drug-likeness (QED) is 0.823. The molecule has 106 valence electrons. The first kappa shape index (κ1) is 14.3. The van der Waals surface area contributed by atoms with E-state index in [1.54, 1.807) is 19.1 Å². The maximum atomic E-state index is 13.7. The molecule has 4 heteroatoms. The zero-order chi connectivity index (χ0) is 14.4. The smallest absolute Gasteiger partial charge is 0.131 e. The van der Waals surface area contributed by atoms with E-state index in [0.29, 0.717) is 24.5 Å². The second-order valence-corrected chi connectivity index (χ2v) is 4.48. The molecule has 0 radical (unpaired) electrons. The Labute approximate surface area is 118 Å². The molecule has 2 aromatic carbocycles. The fourth-order valence-corrected chi connectivity index (χ4v) is 1.80. The number of nitrogens with two attached hydrogens (primary N) is 1. The lowest BCUT2D eigenvalue weighted by Gasteiger charge is -2.11. The molecule has 0 bridgehead atoms. The first-order chi connectivity index (χ1) is 9.66. The highest BCUT2D eigenvalue weighted by Gasteiger charge is 2.07. The van der Waals surface area contributed by atoms with E-state index >= 15 is 0 Å². The maximum Gasteiger partial charge on any atom is 0.131 e. The highest BCUT2D eigenvalue weighted by molar-refractivity contribution is 5.30. The van der Waals surface area contributed by atoms with Crippen LogP contribution < -0.4 is 15.2 Å². The van der Waals surface area contributed by atoms with Crippen LogP contribution >= 0.6 is 0 Å². The van der Waals surface area contributed by atoms with E-state index in [1.165, 1.54) is 6.07 Å². The molecule has 2 rings (SSSR count). The maximum absolute atomic E-state index is 13.7. The summed E-state index contributed by atoms with van der Waals surface area (Å²) in [6.07, 6.45) is 0. The molecule has 0 aliphatic heterocycles. The molecule has 3 nitrogen and oxygen atoms in total. The van der Waals surface area contributed by atoms with Gasteiger partial charge in [0, 0.05) is 17.7 Å². The Hall–Kier alpha value is -2.07. The van der Waals surface area contributed by atoms with Gasteiger partial charge in [-0.2, -0.15) is 0 Å². The van der Waals surface area contributed by atoms with Crippen LogP contribution in [0.2, 0.25) is 0 Å². The molecule has 0 aliphatic rings. The summed E-state index contributed by atoms with van der Waals surface area (Å²) in [5, 5.41) is 0. The fraction of sp³-hybridized carbons (Fsp3) is 0.250. The van der Waals surface area contributed by atoms with E-state index in [9.17, 15) is 4.39 Å². The predicted octanol–water partition coefficient (Wildman–Crippen LogP) is 3.30. The molecule has 0 amide bonds. The Morgan fingerprint density at radius 1 is 1.00 bits per heavy atom. The summed E-state index contributed by atoms with van der Waals surface area (Å²) in [7, 11) is 0. The monoisotopic (exact) mass is 275 g/mol. The van der Waals surface area contributed by atoms with E-state index < -0.39 is 0 Å². The molecule has 20 heavy (non-hydrogen) atoms. The zero-order valence-corrected chi connectivity index (χ0v) is 11.4. The molecule has 1 unspecified atom stereocenters. The molecule has 0 saturated heterocycles. The van der Waals surface area contributed by atoms with Crippen molar-refractivity contribution in [2.75, 3.05) is 13.2 Å². The van der Waals surface area contributed by atoms with Crippen LogP contribution in [0.4, 0.5) is 4.39 Å². The van der Waals surface area contributed by atoms with E-state index in [-0.39, 0.29) is 11.9 Å². The topological polar surface area (TPSA) is 44.5 Å². The van der Waals surface area contributed by atoms with Crippen LogP contribution in [0.15, 0.2) is 48.5 Å². The minimum Gasteiger partial charge on any atom is -0.490 e. The second kappa shape index (κ2) is 6.91. The van der Waals surface area contributed by atoms with Crippen molar-refractivity contribution in [3.8, 4) is 11.5 Å². The Balaban J connectivity index is 1.81. The van der Waals surface area contributed by atoms with Crippen molar-refractivity contribution in [3.05, 3.63) is 59.9 Å². The summed E-state index contributed by atoms with van der Waals surface area (Å²) < 4.78 is 24.6. The second-order valence-electron chi connectivity index (χ2n) is 4.48. The molecule has 0 fully saturated rings. The van der Waals surface area contributed by atoms with Gasteiger partial charge in [-0.05, 0) is 25.1 Å². The van der Waals surface area contributed by atoms with Crippen LogP contribution in [0.5, 0.6) is 11.5 Å². The SMILES string of the molecule is CC(N)c1ccc(OCCOc2ccccc2)cc1F. The van der Waals surface area contributed by atoms with Crippen molar-refractivity contribution in [2.24, 2.45) is 5.73 Å². The van der Waals surface area contributed by atoms with Crippen LogP contribution in [0.3, 0.4) is 0 Å². The van der Waals surface area contributed by atoms with Gasteiger partial charge in [0.2, 0.25) is 0 Å². The highest BCUT2D eigenvalue weighted by Crippen LogP contribution is 2.20. The number of hydrogen-bond acceptors (Lipinski definition) is 3. The third-order valence-electron chi connectivity index (χ3n) is 2.83. The van der Waals surface area contributed by atoms with Gasteiger partial charge in [0.1, 0.15) is 30.5 Å². The molecule has 0 saturated carbocycles. The van der Waals surface area contributed by atoms with Gasteiger partial charge in [0.25, 0.3) is 0 Å². The average molecular weight is 275 g/mol. The number of ether oxygens (including phenoxy) is 2. The highest BCUT2D eigenvalue weighted by atomic mass is 19.1. The number of halogens is 1. The van der Waals surface area contributed by atoms with Gasteiger partial charge in [-0.1, -0.05) is 24.3 Å². The Kier molecular flexibility index (Phi) is 4.96. The van der Waals surface area contributed by atoms with Crippen molar-refractivity contribution in [2.45, 2.75) is 13.0 Å². The Morgan fingerprint density at radius 2 is 1.65 bits per heavy atom. The average Bonchev–Trinajstić information content (AvgIpc) is 2.44. The first-order valence-electron chi connectivity index (χ1n) is 6.52. The summed E-state index contributed by atoms with van der Waals surface area (Å²) in [4.78, 5) is 0. The molecular formula is C16H18FNO2. The van der Waals surface area contributed by atoms with Gasteiger partial charge in [-0.25, -0.2) is 4.39 Å².